The van der Waals surface area contributed by atoms with Gasteiger partial charge < -0.3 is 14.8 Å². The minimum atomic E-state index is -0.415. The molecule has 39 heavy (non-hydrogen) atoms. The molecule has 7 rings (SSSR count). The van der Waals surface area contributed by atoms with E-state index in [1.54, 1.807) is 6.20 Å². The number of aromatic nitrogens is 3. The molecule has 0 radical (unpaired) electrons. The number of fused-ring (bicyclic) bond motifs is 2. The summed E-state index contributed by atoms with van der Waals surface area (Å²) in [7, 11) is 0. The van der Waals surface area contributed by atoms with Gasteiger partial charge in [-0.3, -0.25) is 24.1 Å². The number of amides is 3. The van der Waals surface area contributed by atoms with Gasteiger partial charge in [0.2, 0.25) is 5.91 Å². The lowest BCUT2D eigenvalue weighted by atomic mass is 9.95. The minimum absolute atomic E-state index is 0.130. The smallest absolute Gasteiger partial charge is 0.261 e. The SMILES string of the molecule is O=C1NC(=O)C(c2cnc3ccccn23)=C1c1cn(C2CCN(C(=O)C3CCNCC3)CC2)c2ccccc12. The van der Waals surface area contributed by atoms with Gasteiger partial charge >= 0.3 is 0 Å². The fraction of sp³-hybridized carbons (Fsp3) is 0.333. The normalized spacial score (nSPS) is 19.4. The number of carbonyl (C=O) groups excluding carboxylic acids is 3. The molecule has 3 amide bonds. The fourth-order valence-electron chi connectivity index (χ4n) is 6.47. The summed E-state index contributed by atoms with van der Waals surface area (Å²) in [5.74, 6) is -0.393. The number of hydrogen-bond acceptors (Lipinski definition) is 5. The number of imide groups is 1. The summed E-state index contributed by atoms with van der Waals surface area (Å²) < 4.78 is 4.08. The van der Waals surface area contributed by atoms with Crippen LogP contribution in [0, 0.1) is 5.92 Å². The Labute approximate surface area is 225 Å². The van der Waals surface area contributed by atoms with Crippen LogP contribution in [-0.2, 0) is 14.4 Å². The van der Waals surface area contributed by atoms with Gasteiger partial charge in [0.15, 0.2) is 0 Å². The third-order valence-corrected chi connectivity index (χ3v) is 8.47. The summed E-state index contributed by atoms with van der Waals surface area (Å²) in [5.41, 5.74) is 3.77. The van der Waals surface area contributed by atoms with Gasteiger partial charge in [0.05, 0.1) is 23.0 Å². The number of likely N-dealkylation sites (tertiary alicyclic amines) is 1. The number of para-hydroxylation sites is 1. The first-order valence-electron chi connectivity index (χ1n) is 13.7. The van der Waals surface area contributed by atoms with Crippen LogP contribution in [0.5, 0.6) is 0 Å². The van der Waals surface area contributed by atoms with Gasteiger partial charge in [0.25, 0.3) is 11.8 Å². The lowest BCUT2D eigenvalue weighted by Crippen LogP contribution is -2.44. The summed E-state index contributed by atoms with van der Waals surface area (Å²) in [4.78, 5) is 45.9. The zero-order valence-electron chi connectivity index (χ0n) is 21.6. The van der Waals surface area contributed by atoms with Crippen LogP contribution in [0.3, 0.4) is 0 Å². The molecule has 2 saturated heterocycles. The number of hydrogen-bond donors (Lipinski definition) is 2. The predicted molar refractivity (Wildman–Crippen MR) is 148 cm³/mol. The number of imidazole rings is 1. The van der Waals surface area contributed by atoms with E-state index in [1.807, 2.05) is 58.1 Å². The van der Waals surface area contributed by atoms with Crippen LogP contribution in [-0.4, -0.2) is 62.8 Å². The van der Waals surface area contributed by atoms with E-state index in [0.29, 0.717) is 22.5 Å². The van der Waals surface area contributed by atoms with Gasteiger partial charge in [-0.25, -0.2) is 4.98 Å². The summed E-state index contributed by atoms with van der Waals surface area (Å²) in [6.45, 7) is 3.27. The van der Waals surface area contributed by atoms with Crippen LogP contribution in [0.4, 0.5) is 0 Å². The van der Waals surface area contributed by atoms with E-state index in [0.717, 1.165) is 68.3 Å². The fourth-order valence-corrected chi connectivity index (χ4v) is 6.47. The number of rotatable bonds is 4. The van der Waals surface area contributed by atoms with Crippen LogP contribution >= 0.6 is 0 Å². The molecule has 0 saturated carbocycles. The Kier molecular flexibility index (Phi) is 5.81. The molecule has 0 atom stereocenters. The van der Waals surface area contributed by atoms with Gasteiger partial charge in [-0.2, -0.15) is 0 Å². The second kappa shape index (κ2) is 9.50. The quantitative estimate of drug-likeness (QED) is 0.402. The molecule has 0 aliphatic carbocycles. The Morgan fingerprint density at radius 3 is 2.46 bits per heavy atom. The van der Waals surface area contributed by atoms with E-state index in [9.17, 15) is 14.4 Å². The monoisotopic (exact) mass is 522 g/mol. The molecule has 198 valence electrons. The van der Waals surface area contributed by atoms with Crippen LogP contribution in [0.2, 0.25) is 0 Å². The van der Waals surface area contributed by atoms with E-state index in [-0.39, 0.29) is 17.9 Å². The van der Waals surface area contributed by atoms with E-state index in [2.05, 4.69) is 26.3 Å². The first-order chi connectivity index (χ1) is 19.1. The van der Waals surface area contributed by atoms with Crippen molar-refractivity contribution in [3.63, 3.8) is 0 Å². The first kappa shape index (κ1) is 23.8. The number of pyridine rings is 1. The Morgan fingerprint density at radius 2 is 1.64 bits per heavy atom. The molecule has 0 bridgehead atoms. The number of benzene rings is 1. The summed E-state index contributed by atoms with van der Waals surface area (Å²) in [6, 6.07) is 13.9. The Balaban J connectivity index is 1.25. The average molecular weight is 523 g/mol. The molecule has 6 heterocycles. The molecule has 0 spiro atoms. The summed E-state index contributed by atoms with van der Waals surface area (Å²) >= 11 is 0. The molecule has 3 aromatic heterocycles. The maximum absolute atomic E-state index is 13.2. The summed E-state index contributed by atoms with van der Waals surface area (Å²) in [6.07, 6.45) is 9.04. The molecule has 4 aromatic rings. The maximum Gasteiger partial charge on any atom is 0.261 e. The second-order valence-electron chi connectivity index (χ2n) is 10.7. The van der Waals surface area contributed by atoms with Crippen LogP contribution in [0.25, 0.3) is 27.7 Å². The van der Waals surface area contributed by atoms with Gasteiger partial charge in [-0.05, 0) is 57.0 Å². The zero-order chi connectivity index (χ0) is 26.5. The highest BCUT2D eigenvalue weighted by Gasteiger charge is 2.36. The third kappa shape index (κ3) is 3.96. The molecule has 0 unspecified atom stereocenters. The van der Waals surface area contributed by atoms with Crippen molar-refractivity contribution < 1.29 is 14.4 Å². The lowest BCUT2D eigenvalue weighted by molar-refractivity contribution is -0.137. The van der Waals surface area contributed by atoms with Gasteiger partial charge in [-0.15, -0.1) is 0 Å². The van der Waals surface area contributed by atoms with Crippen molar-refractivity contribution >= 4 is 45.4 Å². The molecule has 1 aromatic carbocycles. The van der Waals surface area contributed by atoms with Crippen molar-refractivity contribution in [3.05, 3.63) is 72.3 Å². The number of carbonyl (C=O) groups is 3. The van der Waals surface area contributed by atoms with Crippen LogP contribution in [0.15, 0.2) is 61.1 Å². The zero-order valence-corrected chi connectivity index (χ0v) is 21.6. The minimum Gasteiger partial charge on any atom is -0.344 e. The van der Waals surface area contributed by atoms with Crippen molar-refractivity contribution in [1.82, 2.24) is 29.5 Å². The highest BCUT2D eigenvalue weighted by atomic mass is 16.2. The van der Waals surface area contributed by atoms with Gasteiger partial charge in [0, 0.05) is 53.9 Å². The molecule has 9 nitrogen and oxygen atoms in total. The Bertz CT molecular complexity index is 1650. The number of nitrogens with one attached hydrogen (secondary N) is 2. The Hall–Kier alpha value is -4.24. The first-order valence-corrected chi connectivity index (χ1v) is 13.7. The van der Waals surface area contributed by atoms with E-state index in [1.165, 1.54) is 0 Å². The van der Waals surface area contributed by atoms with Gasteiger partial charge in [-0.1, -0.05) is 24.3 Å². The number of piperidine rings is 2. The molecule has 2 N–H and O–H groups in total. The third-order valence-electron chi connectivity index (χ3n) is 8.47. The maximum atomic E-state index is 13.2. The highest BCUT2D eigenvalue weighted by Crippen LogP contribution is 2.38. The molecular weight excluding hydrogens is 492 g/mol. The van der Waals surface area contributed by atoms with E-state index < -0.39 is 11.8 Å². The molecule has 2 fully saturated rings. The average Bonchev–Trinajstić information content (AvgIpc) is 3.65. The van der Waals surface area contributed by atoms with Crippen molar-refractivity contribution in [2.24, 2.45) is 5.92 Å². The second-order valence-corrected chi connectivity index (χ2v) is 10.7. The topological polar surface area (TPSA) is 101 Å². The molecular formula is C30H30N6O3. The largest absolute Gasteiger partial charge is 0.344 e. The molecule has 3 aliphatic rings. The molecule has 9 heteroatoms. The number of nitrogens with zero attached hydrogens (tertiary/aromatic N) is 4. The summed E-state index contributed by atoms with van der Waals surface area (Å²) in [5, 5.41) is 6.79. The standard InChI is InChI=1S/C30H30N6O3/c37-28-26(27(29(38)33-28)24-17-32-25-7-3-4-14-35(24)25)22-18-36(23-6-2-1-5-21(22)23)20-10-15-34(16-11-20)30(39)19-8-12-31-13-9-19/h1-7,14,17-20,31H,8-13,15-16H2,(H,33,37,38). The van der Waals surface area contributed by atoms with Crippen molar-refractivity contribution in [2.75, 3.05) is 26.2 Å². The lowest BCUT2D eigenvalue weighted by Gasteiger charge is -2.36. The van der Waals surface area contributed by atoms with Crippen LogP contribution < -0.4 is 10.6 Å². The van der Waals surface area contributed by atoms with Crippen molar-refractivity contribution in [1.29, 1.82) is 0 Å². The van der Waals surface area contributed by atoms with Crippen molar-refractivity contribution in [3.8, 4) is 0 Å². The highest BCUT2D eigenvalue weighted by molar-refractivity contribution is 6.49. The van der Waals surface area contributed by atoms with E-state index >= 15 is 0 Å². The van der Waals surface area contributed by atoms with E-state index in [4.69, 9.17) is 0 Å². The molecule has 3 aliphatic heterocycles. The van der Waals surface area contributed by atoms with Crippen molar-refractivity contribution in [2.45, 2.75) is 31.7 Å². The predicted octanol–water partition coefficient (Wildman–Crippen LogP) is 3.02. The van der Waals surface area contributed by atoms with Crippen LogP contribution in [0.1, 0.15) is 43.0 Å². The Morgan fingerprint density at radius 1 is 0.897 bits per heavy atom. The van der Waals surface area contributed by atoms with Gasteiger partial charge in [0.1, 0.15) is 5.65 Å².